The normalized spacial score (nSPS) is 14.1. The van der Waals surface area contributed by atoms with Crippen LogP contribution in [-0.4, -0.2) is 29.3 Å². The average Bonchev–Trinajstić information content (AvgIpc) is 3.15. The Morgan fingerprint density at radius 2 is 1.69 bits per heavy atom. The summed E-state index contributed by atoms with van der Waals surface area (Å²) in [6.07, 6.45) is 1.45. The Kier molecular flexibility index (Phi) is 7.54. The maximum Gasteiger partial charge on any atom is 0.329 e. The molecule has 7 nitrogen and oxygen atoms in total. The Morgan fingerprint density at radius 3 is 2.46 bits per heavy atom. The first-order valence-electron chi connectivity index (χ1n) is 12.1. The Hall–Kier alpha value is -4.33. The summed E-state index contributed by atoms with van der Waals surface area (Å²) >= 11 is 13.0. The third-order valence-electron chi connectivity index (χ3n) is 6.15. The van der Waals surface area contributed by atoms with Crippen molar-refractivity contribution in [3.63, 3.8) is 0 Å². The second-order valence-electron chi connectivity index (χ2n) is 9.04. The number of anilines is 1. The number of amides is 4. The summed E-state index contributed by atoms with van der Waals surface area (Å²) in [7, 11) is 0. The number of benzene rings is 4. The maximum absolute atomic E-state index is 12.9. The van der Waals surface area contributed by atoms with E-state index in [-0.39, 0.29) is 22.3 Å². The van der Waals surface area contributed by atoms with Gasteiger partial charge in [-0.05, 0) is 64.7 Å². The molecule has 4 aromatic rings. The number of fused-ring (bicyclic) bond motifs is 1. The van der Waals surface area contributed by atoms with E-state index in [2.05, 4.69) is 10.6 Å². The average molecular weight is 560 g/mol. The van der Waals surface area contributed by atoms with Crippen LogP contribution in [-0.2, 0) is 16.2 Å². The van der Waals surface area contributed by atoms with Crippen LogP contribution >= 0.6 is 23.2 Å². The van der Waals surface area contributed by atoms with Gasteiger partial charge in [0.05, 0.1) is 10.0 Å². The molecule has 0 unspecified atom stereocenters. The second kappa shape index (κ2) is 11.2. The summed E-state index contributed by atoms with van der Waals surface area (Å²) in [6, 6.07) is 23.7. The molecule has 4 amide bonds. The molecule has 1 heterocycles. The molecule has 0 saturated carbocycles. The van der Waals surface area contributed by atoms with Crippen LogP contribution in [0.25, 0.3) is 16.8 Å². The molecular formula is C30H23Cl2N3O4. The summed E-state index contributed by atoms with van der Waals surface area (Å²) in [6.45, 7) is 1.72. The Bertz CT molecular complexity index is 1620. The third kappa shape index (κ3) is 5.90. The van der Waals surface area contributed by atoms with Crippen LogP contribution in [0.1, 0.15) is 16.7 Å². The summed E-state index contributed by atoms with van der Waals surface area (Å²) < 4.78 is 5.97. The number of nitrogens with zero attached hydrogens (tertiary/aromatic N) is 1. The van der Waals surface area contributed by atoms with E-state index in [1.165, 1.54) is 6.08 Å². The molecule has 0 aliphatic carbocycles. The van der Waals surface area contributed by atoms with Gasteiger partial charge in [-0.1, -0.05) is 77.8 Å². The highest BCUT2D eigenvalue weighted by molar-refractivity contribution is 6.37. The van der Waals surface area contributed by atoms with Gasteiger partial charge in [0.15, 0.2) is 5.75 Å². The van der Waals surface area contributed by atoms with Crippen molar-refractivity contribution in [1.82, 2.24) is 10.2 Å². The van der Waals surface area contributed by atoms with E-state index in [4.69, 9.17) is 27.9 Å². The molecule has 1 aliphatic rings. The summed E-state index contributed by atoms with van der Waals surface area (Å²) in [5, 5.41) is 7.86. The van der Waals surface area contributed by atoms with Gasteiger partial charge >= 0.3 is 6.03 Å². The minimum Gasteiger partial charge on any atom is -0.486 e. The van der Waals surface area contributed by atoms with E-state index in [0.29, 0.717) is 17.0 Å². The van der Waals surface area contributed by atoms with Crippen molar-refractivity contribution in [2.24, 2.45) is 0 Å². The van der Waals surface area contributed by atoms with E-state index in [1.807, 2.05) is 55.5 Å². The van der Waals surface area contributed by atoms with Gasteiger partial charge in [0.2, 0.25) is 5.91 Å². The second-order valence-corrected chi connectivity index (χ2v) is 9.85. The number of ether oxygens (including phenoxy) is 1. The Balaban J connectivity index is 1.28. The van der Waals surface area contributed by atoms with E-state index in [0.717, 1.165) is 26.8 Å². The largest absolute Gasteiger partial charge is 0.486 e. The lowest BCUT2D eigenvalue weighted by atomic mass is 10.1. The minimum absolute atomic E-state index is 0.0000809. The number of imide groups is 1. The van der Waals surface area contributed by atoms with Crippen molar-refractivity contribution in [1.29, 1.82) is 0 Å². The van der Waals surface area contributed by atoms with E-state index >= 15 is 0 Å². The SMILES string of the molecule is Cc1cccc(NC(=O)CN2C(=O)N/C(=C/c3cc(Cl)c(OCc4cccc5ccccc45)c(Cl)c3)C2=O)c1. The maximum atomic E-state index is 12.9. The highest BCUT2D eigenvalue weighted by atomic mass is 35.5. The van der Waals surface area contributed by atoms with Crippen molar-refractivity contribution < 1.29 is 19.1 Å². The molecule has 39 heavy (non-hydrogen) atoms. The van der Waals surface area contributed by atoms with Crippen LogP contribution < -0.4 is 15.4 Å². The highest BCUT2D eigenvalue weighted by Crippen LogP contribution is 2.36. The van der Waals surface area contributed by atoms with Gasteiger partial charge in [-0.25, -0.2) is 9.69 Å². The van der Waals surface area contributed by atoms with Crippen molar-refractivity contribution in [2.45, 2.75) is 13.5 Å². The number of rotatable bonds is 7. The number of carbonyl (C=O) groups excluding carboxylic acids is 3. The smallest absolute Gasteiger partial charge is 0.329 e. The molecule has 1 fully saturated rings. The van der Waals surface area contributed by atoms with Crippen LogP contribution in [0.3, 0.4) is 0 Å². The highest BCUT2D eigenvalue weighted by Gasteiger charge is 2.35. The molecule has 0 atom stereocenters. The number of carbonyl (C=O) groups is 3. The van der Waals surface area contributed by atoms with Gasteiger partial charge in [0.1, 0.15) is 18.8 Å². The first-order chi connectivity index (χ1) is 18.8. The monoisotopic (exact) mass is 559 g/mol. The number of hydrogen-bond acceptors (Lipinski definition) is 4. The Morgan fingerprint density at radius 1 is 0.974 bits per heavy atom. The molecule has 196 valence electrons. The van der Waals surface area contributed by atoms with Gasteiger partial charge in [-0.2, -0.15) is 0 Å². The molecule has 2 N–H and O–H groups in total. The lowest BCUT2D eigenvalue weighted by Gasteiger charge is -2.13. The quantitative estimate of drug-likeness (QED) is 0.198. The van der Waals surface area contributed by atoms with Gasteiger partial charge in [0, 0.05) is 5.69 Å². The molecule has 1 aliphatic heterocycles. The minimum atomic E-state index is -0.696. The van der Waals surface area contributed by atoms with Crippen LogP contribution in [0.5, 0.6) is 5.75 Å². The fourth-order valence-corrected chi connectivity index (χ4v) is 4.93. The van der Waals surface area contributed by atoms with Gasteiger partial charge in [0.25, 0.3) is 5.91 Å². The molecular weight excluding hydrogens is 537 g/mol. The summed E-state index contributed by atoms with van der Waals surface area (Å²) in [4.78, 5) is 38.6. The zero-order chi connectivity index (χ0) is 27.5. The van der Waals surface area contributed by atoms with Crippen LogP contribution in [0.4, 0.5) is 10.5 Å². The Labute approximate surface area is 235 Å². The first-order valence-corrected chi connectivity index (χ1v) is 12.8. The molecule has 0 radical (unpaired) electrons. The van der Waals surface area contributed by atoms with E-state index < -0.39 is 24.4 Å². The predicted molar refractivity (Wildman–Crippen MR) is 153 cm³/mol. The molecule has 0 aromatic heterocycles. The zero-order valence-electron chi connectivity index (χ0n) is 20.8. The van der Waals surface area contributed by atoms with Crippen LogP contribution in [0.2, 0.25) is 10.0 Å². The van der Waals surface area contributed by atoms with Crippen molar-refractivity contribution in [3.8, 4) is 5.75 Å². The standard InChI is InChI=1S/C30H23Cl2N3O4/c1-18-6-4-10-22(12-18)33-27(36)16-35-29(37)26(34-30(35)38)15-19-13-24(31)28(25(32)14-19)39-17-21-9-5-8-20-7-2-3-11-23(20)21/h2-15H,16-17H2,1H3,(H,33,36)(H,34,38)/b26-15+. The van der Waals surface area contributed by atoms with Gasteiger partial charge < -0.3 is 15.4 Å². The summed E-state index contributed by atoms with van der Waals surface area (Å²) in [5.41, 5.74) is 3.01. The van der Waals surface area contributed by atoms with E-state index in [9.17, 15) is 14.4 Å². The van der Waals surface area contributed by atoms with Gasteiger partial charge in [-0.15, -0.1) is 0 Å². The topological polar surface area (TPSA) is 87.7 Å². The molecule has 4 aromatic carbocycles. The lowest BCUT2D eigenvalue weighted by molar-refractivity contribution is -0.127. The zero-order valence-corrected chi connectivity index (χ0v) is 22.3. The van der Waals surface area contributed by atoms with Crippen molar-refractivity contribution >= 4 is 63.6 Å². The van der Waals surface area contributed by atoms with Gasteiger partial charge in [-0.3, -0.25) is 9.59 Å². The molecule has 0 bridgehead atoms. The molecule has 9 heteroatoms. The van der Waals surface area contributed by atoms with Crippen molar-refractivity contribution in [3.05, 3.63) is 111 Å². The predicted octanol–water partition coefficient (Wildman–Crippen LogP) is 6.57. The molecule has 1 saturated heterocycles. The van der Waals surface area contributed by atoms with Crippen LogP contribution in [0.15, 0.2) is 84.6 Å². The molecule has 0 spiro atoms. The number of halogens is 2. The lowest BCUT2D eigenvalue weighted by Crippen LogP contribution is -2.38. The third-order valence-corrected chi connectivity index (χ3v) is 6.71. The van der Waals surface area contributed by atoms with Crippen LogP contribution in [0, 0.1) is 6.92 Å². The number of aryl methyl sites for hydroxylation is 1. The fourth-order valence-electron chi connectivity index (χ4n) is 4.32. The molecule has 5 rings (SSSR count). The number of hydrogen-bond donors (Lipinski definition) is 2. The number of nitrogens with one attached hydrogen (secondary N) is 2. The fraction of sp³-hybridized carbons (Fsp3) is 0.100. The summed E-state index contributed by atoms with van der Waals surface area (Å²) in [5.74, 6) is -0.822. The van der Waals surface area contributed by atoms with Crippen molar-refractivity contribution in [2.75, 3.05) is 11.9 Å². The number of urea groups is 1. The van der Waals surface area contributed by atoms with E-state index in [1.54, 1.807) is 30.3 Å². The first kappa shape index (κ1) is 26.3.